The summed E-state index contributed by atoms with van der Waals surface area (Å²) in [7, 11) is 0. The summed E-state index contributed by atoms with van der Waals surface area (Å²) in [5.41, 5.74) is 2.49. The van der Waals surface area contributed by atoms with Crippen molar-refractivity contribution < 1.29 is 9.53 Å². The normalized spacial score (nSPS) is 22.2. The molecule has 9 nitrogen and oxygen atoms in total. The molecular formula is C24H29N7O2. The number of carbonyl (C=O) groups is 1. The van der Waals surface area contributed by atoms with E-state index >= 15 is 0 Å². The fourth-order valence-corrected chi connectivity index (χ4v) is 4.73. The number of urea groups is 1. The number of benzene rings is 1. The van der Waals surface area contributed by atoms with Gasteiger partial charge in [0.25, 0.3) is 0 Å². The minimum absolute atomic E-state index is 0.159. The Kier molecular flexibility index (Phi) is 4.94. The lowest BCUT2D eigenvalue weighted by atomic mass is 10.2. The minimum Gasteiger partial charge on any atom is -0.371 e. The van der Waals surface area contributed by atoms with E-state index in [0.29, 0.717) is 11.9 Å². The number of nitrogens with zero attached hydrogens (tertiary/aromatic N) is 5. The number of amides is 2. The van der Waals surface area contributed by atoms with Crippen LogP contribution in [0.15, 0.2) is 30.5 Å². The highest BCUT2D eigenvalue weighted by Gasteiger charge is 2.35. The summed E-state index contributed by atoms with van der Waals surface area (Å²) in [6, 6.07) is 8.05. The fraction of sp³-hybridized carbons (Fsp3) is 0.500. The number of ether oxygens (including phenoxy) is 1. The number of fused-ring (bicyclic) bond motifs is 3. The summed E-state index contributed by atoms with van der Waals surface area (Å²) in [5.74, 6) is 1.58. The largest absolute Gasteiger partial charge is 0.371 e. The molecule has 2 saturated heterocycles. The van der Waals surface area contributed by atoms with Crippen molar-refractivity contribution in [1.29, 1.82) is 0 Å². The van der Waals surface area contributed by atoms with Crippen LogP contribution in [0.5, 0.6) is 0 Å². The second-order valence-corrected chi connectivity index (χ2v) is 9.60. The van der Waals surface area contributed by atoms with Crippen LogP contribution in [0.25, 0.3) is 22.4 Å². The molecule has 2 bridgehead atoms. The predicted octanol–water partition coefficient (Wildman–Crippen LogP) is 3.73. The van der Waals surface area contributed by atoms with Crippen molar-refractivity contribution in [1.82, 2.24) is 25.1 Å². The zero-order valence-electron chi connectivity index (χ0n) is 19.0. The first-order valence-electron chi connectivity index (χ1n) is 11.9. The zero-order chi connectivity index (χ0) is 22.5. The Morgan fingerprint density at radius 1 is 1.06 bits per heavy atom. The smallest absolute Gasteiger partial charge is 0.319 e. The Balaban J connectivity index is 1.34. The van der Waals surface area contributed by atoms with E-state index in [2.05, 4.69) is 34.5 Å². The molecule has 3 aliphatic rings. The Hall–Kier alpha value is -3.20. The van der Waals surface area contributed by atoms with Crippen LogP contribution in [-0.2, 0) is 4.74 Å². The molecule has 33 heavy (non-hydrogen) atoms. The predicted molar refractivity (Wildman–Crippen MR) is 126 cm³/mol. The number of anilines is 2. The number of carbonyl (C=O) groups excluding carboxylic acids is 1. The fourth-order valence-electron chi connectivity index (χ4n) is 4.73. The molecule has 2 unspecified atom stereocenters. The average molecular weight is 448 g/mol. The van der Waals surface area contributed by atoms with Crippen molar-refractivity contribution in [3.63, 3.8) is 0 Å². The molecule has 2 aromatic heterocycles. The van der Waals surface area contributed by atoms with Crippen LogP contribution >= 0.6 is 0 Å². The van der Waals surface area contributed by atoms with Gasteiger partial charge in [-0.25, -0.2) is 19.4 Å². The van der Waals surface area contributed by atoms with Crippen molar-refractivity contribution in [2.45, 2.75) is 63.8 Å². The second kappa shape index (κ2) is 7.98. The Morgan fingerprint density at radius 3 is 2.45 bits per heavy atom. The average Bonchev–Trinajstić information content (AvgIpc) is 3.40. The zero-order valence-corrected chi connectivity index (χ0v) is 19.0. The number of aromatic nitrogens is 4. The van der Waals surface area contributed by atoms with E-state index in [0.717, 1.165) is 66.9 Å². The third kappa shape index (κ3) is 4.01. The van der Waals surface area contributed by atoms with E-state index in [1.807, 2.05) is 35.1 Å². The van der Waals surface area contributed by atoms with Gasteiger partial charge in [0.15, 0.2) is 11.5 Å². The Morgan fingerprint density at radius 2 is 1.79 bits per heavy atom. The molecule has 2 N–H and O–H groups in total. The molecule has 6 rings (SSSR count). The molecule has 3 aromatic rings. The van der Waals surface area contributed by atoms with Crippen LogP contribution in [0.2, 0.25) is 0 Å². The van der Waals surface area contributed by atoms with Gasteiger partial charge in [-0.1, -0.05) is 0 Å². The maximum absolute atomic E-state index is 12.0. The molecule has 0 spiro atoms. The van der Waals surface area contributed by atoms with Crippen LogP contribution in [0, 0.1) is 0 Å². The molecule has 2 amide bonds. The lowest BCUT2D eigenvalue weighted by Gasteiger charge is -2.33. The third-order valence-corrected chi connectivity index (χ3v) is 6.58. The molecule has 1 saturated carbocycles. The maximum atomic E-state index is 12.0. The van der Waals surface area contributed by atoms with Gasteiger partial charge in [0.05, 0.1) is 23.8 Å². The van der Waals surface area contributed by atoms with Crippen molar-refractivity contribution in [2.75, 3.05) is 23.3 Å². The lowest BCUT2D eigenvalue weighted by molar-refractivity contribution is 0.0303. The summed E-state index contributed by atoms with van der Waals surface area (Å²) < 4.78 is 8.00. The van der Waals surface area contributed by atoms with Gasteiger partial charge in [0, 0.05) is 36.4 Å². The van der Waals surface area contributed by atoms with Gasteiger partial charge in [0.1, 0.15) is 5.82 Å². The van der Waals surface area contributed by atoms with E-state index in [9.17, 15) is 4.79 Å². The van der Waals surface area contributed by atoms with Crippen LogP contribution in [-0.4, -0.2) is 57.1 Å². The summed E-state index contributed by atoms with van der Waals surface area (Å²) in [4.78, 5) is 24.3. The van der Waals surface area contributed by atoms with Crippen LogP contribution in [0.4, 0.5) is 16.3 Å². The molecule has 172 valence electrons. The van der Waals surface area contributed by atoms with Gasteiger partial charge in [-0.2, -0.15) is 5.10 Å². The number of morpholine rings is 1. The first-order valence-corrected chi connectivity index (χ1v) is 11.9. The van der Waals surface area contributed by atoms with E-state index in [-0.39, 0.29) is 24.3 Å². The summed E-state index contributed by atoms with van der Waals surface area (Å²) in [6.07, 6.45) is 6.76. The summed E-state index contributed by atoms with van der Waals surface area (Å²) >= 11 is 0. The molecule has 3 fully saturated rings. The van der Waals surface area contributed by atoms with E-state index < -0.39 is 0 Å². The molecule has 2 atom stereocenters. The second-order valence-electron chi connectivity index (χ2n) is 9.60. The van der Waals surface area contributed by atoms with Gasteiger partial charge in [0.2, 0.25) is 0 Å². The van der Waals surface area contributed by atoms with Crippen LogP contribution < -0.4 is 15.5 Å². The third-order valence-electron chi connectivity index (χ3n) is 6.58. The monoisotopic (exact) mass is 447 g/mol. The first kappa shape index (κ1) is 20.4. The topological polar surface area (TPSA) is 97.2 Å². The maximum Gasteiger partial charge on any atom is 0.319 e. The van der Waals surface area contributed by atoms with Gasteiger partial charge in [-0.05, 0) is 63.8 Å². The van der Waals surface area contributed by atoms with Crippen molar-refractivity contribution in [3.05, 3.63) is 30.5 Å². The minimum atomic E-state index is -0.159. The van der Waals surface area contributed by atoms with Crippen molar-refractivity contribution >= 4 is 28.6 Å². The molecule has 4 heterocycles. The molecule has 1 aromatic carbocycles. The molecule has 0 radical (unpaired) electrons. The van der Waals surface area contributed by atoms with Crippen molar-refractivity contribution in [2.24, 2.45) is 0 Å². The van der Waals surface area contributed by atoms with Gasteiger partial charge >= 0.3 is 6.03 Å². The highest BCUT2D eigenvalue weighted by Crippen LogP contribution is 2.34. The number of hydrogen-bond acceptors (Lipinski definition) is 6. The Bertz CT molecular complexity index is 1170. The Labute approximate surface area is 192 Å². The van der Waals surface area contributed by atoms with Crippen LogP contribution in [0.3, 0.4) is 0 Å². The van der Waals surface area contributed by atoms with Crippen LogP contribution in [0.1, 0.15) is 45.6 Å². The first-order chi connectivity index (χ1) is 16.0. The van der Waals surface area contributed by atoms with Gasteiger partial charge in [-0.15, -0.1) is 0 Å². The van der Waals surface area contributed by atoms with Crippen molar-refractivity contribution in [3.8, 4) is 11.4 Å². The van der Waals surface area contributed by atoms with Gasteiger partial charge in [-0.3, -0.25) is 0 Å². The highest BCUT2D eigenvalue weighted by molar-refractivity contribution is 5.91. The summed E-state index contributed by atoms with van der Waals surface area (Å²) in [5, 5.41) is 11.4. The number of nitrogens with one attached hydrogen (secondary N) is 2. The lowest BCUT2D eigenvalue weighted by Crippen LogP contribution is -2.43. The quantitative estimate of drug-likeness (QED) is 0.619. The van der Waals surface area contributed by atoms with E-state index in [4.69, 9.17) is 14.7 Å². The van der Waals surface area contributed by atoms with Gasteiger partial charge < -0.3 is 20.3 Å². The van der Waals surface area contributed by atoms with E-state index in [1.54, 1.807) is 0 Å². The standard InChI is InChI=1S/C24H29N7O2/c1-14(2)31-23-20(11-25-31)22(30-12-18-9-10-19(13-30)33-18)28-21(29-23)15-3-5-16(6-4-15)26-24(32)27-17-7-8-17/h3-6,11,14,17-19H,7-10,12-13H2,1-2H3,(H2,26,27,32). The molecule has 9 heteroatoms. The molecular weight excluding hydrogens is 418 g/mol. The number of rotatable bonds is 5. The highest BCUT2D eigenvalue weighted by atomic mass is 16.5. The molecule has 1 aliphatic carbocycles. The van der Waals surface area contributed by atoms with E-state index in [1.165, 1.54) is 0 Å². The SMILES string of the molecule is CC(C)n1ncc2c(N3CC4CCC(C3)O4)nc(-c3ccc(NC(=O)NC4CC4)cc3)nc21. The summed E-state index contributed by atoms with van der Waals surface area (Å²) in [6.45, 7) is 5.90. The number of hydrogen-bond donors (Lipinski definition) is 2. The molecule has 2 aliphatic heterocycles.